The lowest BCUT2D eigenvalue weighted by atomic mass is 9.89. The van der Waals surface area contributed by atoms with E-state index in [2.05, 4.69) is 28.6 Å². The van der Waals surface area contributed by atoms with Crippen molar-refractivity contribution in [2.45, 2.75) is 64.6 Å². The number of nitrogens with one attached hydrogen (secondary N) is 3. The zero-order chi connectivity index (χ0) is 25.4. The van der Waals surface area contributed by atoms with Gasteiger partial charge in [0.1, 0.15) is 12.1 Å². The molecule has 5 rings (SSSR count). The molecule has 0 bridgehead atoms. The van der Waals surface area contributed by atoms with Crippen LogP contribution in [-0.2, 0) is 16.0 Å². The Morgan fingerprint density at radius 2 is 1.86 bits per heavy atom. The Morgan fingerprint density at radius 1 is 1.11 bits per heavy atom. The molecule has 0 radical (unpaired) electrons. The first-order valence-corrected chi connectivity index (χ1v) is 13.0. The molecule has 7 nitrogen and oxygen atoms in total. The Labute approximate surface area is 211 Å². The van der Waals surface area contributed by atoms with Crippen LogP contribution in [0.3, 0.4) is 0 Å². The summed E-state index contributed by atoms with van der Waals surface area (Å²) in [5, 5.41) is 7.08. The molecule has 1 aromatic heterocycles. The molecule has 3 aromatic rings. The minimum absolute atomic E-state index is 0.0370. The number of carbonyl (C=O) groups excluding carboxylic acids is 3. The quantitative estimate of drug-likeness (QED) is 0.419. The lowest BCUT2D eigenvalue weighted by Crippen LogP contribution is -2.58. The summed E-state index contributed by atoms with van der Waals surface area (Å²) in [4.78, 5) is 45.8. The van der Waals surface area contributed by atoms with E-state index in [1.54, 1.807) is 4.90 Å². The predicted octanol–water partition coefficient (Wildman–Crippen LogP) is 4.09. The minimum Gasteiger partial charge on any atom is -0.356 e. The normalized spacial score (nSPS) is 19.9. The van der Waals surface area contributed by atoms with Crippen LogP contribution in [0.2, 0.25) is 0 Å². The molecule has 3 N–H and O–H groups in total. The van der Waals surface area contributed by atoms with Gasteiger partial charge in [-0.3, -0.25) is 14.4 Å². The van der Waals surface area contributed by atoms with Crippen molar-refractivity contribution in [2.24, 2.45) is 5.92 Å². The number of carbonyl (C=O) groups is 3. The Bertz CT molecular complexity index is 1310. The molecule has 0 fully saturated rings. The molecule has 2 aromatic carbocycles. The molecule has 2 aliphatic heterocycles. The van der Waals surface area contributed by atoms with Crippen LogP contribution in [0.4, 0.5) is 0 Å². The summed E-state index contributed by atoms with van der Waals surface area (Å²) in [6.45, 7) is 6.65. The van der Waals surface area contributed by atoms with Gasteiger partial charge in [0.25, 0.3) is 5.91 Å². The topological polar surface area (TPSA) is 94.3 Å². The molecule has 0 spiro atoms. The summed E-state index contributed by atoms with van der Waals surface area (Å²) in [7, 11) is 0. The van der Waals surface area contributed by atoms with Crippen molar-refractivity contribution in [3.05, 3.63) is 70.9 Å². The molecular formula is C29H34N4O3. The molecule has 7 heteroatoms. The van der Waals surface area contributed by atoms with Gasteiger partial charge in [-0.2, -0.15) is 0 Å². The highest BCUT2D eigenvalue weighted by Gasteiger charge is 2.49. The van der Waals surface area contributed by atoms with Gasteiger partial charge in [-0.25, -0.2) is 0 Å². The number of benzene rings is 2. The highest BCUT2D eigenvalue weighted by Crippen LogP contribution is 2.46. The Morgan fingerprint density at radius 3 is 2.64 bits per heavy atom. The van der Waals surface area contributed by atoms with E-state index in [1.165, 1.54) is 0 Å². The van der Waals surface area contributed by atoms with E-state index in [-0.39, 0.29) is 29.7 Å². The van der Waals surface area contributed by atoms with Crippen LogP contribution >= 0.6 is 0 Å². The van der Waals surface area contributed by atoms with E-state index in [1.807, 2.05) is 56.3 Å². The average Bonchev–Trinajstić information content (AvgIpc) is 3.42. The van der Waals surface area contributed by atoms with Gasteiger partial charge in [-0.15, -0.1) is 0 Å². The van der Waals surface area contributed by atoms with Gasteiger partial charge >= 0.3 is 0 Å². The molecule has 2 aliphatic rings. The maximum Gasteiger partial charge on any atom is 0.255 e. The van der Waals surface area contributed by atoms with Gasteiger partial charge in [0.15, 0.2) is 0 Å². The van der Waals surface area contributed by atoms with Gasteiger partial charge < -0.3 is 20.5 Å². The number of hydrogen-bond donors (Lipinski definition) is 3. The van der Waals surface area contributed by atoms with Crippen molar-refractivity contribution in [3.63, 3.8) is 0 Å². The highest BCUT2D eigenvalue weighted by atomic mass is 16.2. The maximum atomic E-state index is 13.9. The largest absolute Gasteiger partial charge is 0.356 e. The number of amides is 3. The fourth-order valence-corrected chi connectivity index (χ4v) is 5.59. The Balaban J connectivity index is 1.52. The molecule has 0 saturated heterocycles. The SMILES string of the molecule is CCCCNC(=O)[C@H](NC(=O)[C@@H]1Cc2c([nH]c3ccccc23)[C@H]2c3ccccc3C(=O)N21)[C@H](C)CC. The fourth-order valence-electron chi connectivity index (χ4n) is 5.59. The number of aromatic nitrogens is 1. The van der Waals surface area contributed by atoms with Crippen molar-refractivity contribution in [3.8, 4) is 0 Å². The summed E-state index contributed by atoms with van der Waals surface area (Å²) in [5.41, 5.74) is 4.55. The number of nitrogens with zero attached hydrogens (tertiary/aromatic N) is 1. The molecule has 0 saturated carbocycles. The lowest BCUT2D eigenvalue weighted by Gasteiger charge is -2.38. The highest BCUT2D eigenvalue weighted by molar-refractivity contribution is 6.04. The van der Waals surface area contributed by atoms with Crippen LogP contribution in [-0.4, -0.2) is 46.2 Å². The van der Waals surface area contributed by atoms with E-state index in [9.17, 15) is 14.4 Å². The van der Waals surface area contributed by atoms with Crippen LogP contribution in [0.1, 0.15) is 73.3 Å². The zero-order valence-corrected chi connectivity index (χ0v) is 21.1. The van der Waals surface area contributed by atoms with Crippen LogP contribution in [0.25, 0.3) is 10.9 Å². The second-order valence-electron chi connectivity index (χ2n) is 10.0. The number of para-hydroxylation sites is 1. The van der Waals surface area contributed by atoms with Crippen LogP contribution < -0.4 is 10.6 Å². The fraction of sp³-hybridized carbons (Fsp3) is 0.414. The third kappa shape index (κ3) is 3.96. The number of rotatable bonds is 8. The second-order valence-corrected chi connectivity index (χ2v) is 10.0. The number of unbranched alkanes of at least 4 members (excludes halogenated alkanes) is 1. The van der Waals surface area contributed by atoms with E-state index >= 15 is 0 Å². The van der Waals surface area contributed by atoms with E-state index < -0.39 is 12.1 Å². The average molecular weight is 487 g/mol. The molecule has 188 valence electrons. The summed E-state index contributed by atoms with van der Waals surface area (Å²) < 4.78 is 0. The lowest BCUT2D eigenvalue weighted by molar-refractivity contribution is -0.133. The smallest absolute Gasteiger partial charge is 0.255 e. The molecule has 36 heavy (non-hydrogen) atoms. The molecule has 3 heterocycles. The maximum absolute atomic E-state index is 13.9. The summed E-state index contributed by atoms with van der Waals surface area (Å²) in [6.07, 6.45) is 3.02. The Hall–Kier alpha value is -3.61. The van der Waals surface area contributed by atoms with Gasteiger partial charge in [-0.1, -0.05) is 70.0 Å². The monoisotopic (exact) mass is 486 g/mol. The van der Waals surface area contributed by atoms with Crippen LogP contribution in [0.5, 0.6) is 0 Å². The predicted molar refractivity (Wildman–Crippen MR) is 140 cm³/mol. The first kappa shape index (κ1) is 24.1. The minimum atomic E-state index is -0.711. The number of fused-ring (bicyclic) bond motifs is 7. The van der Waals surface area contributed by atoms with E-state index in [4.69, 9.17) is 0 Å². The molecule has 0 aliphatic carbocycles. The van der Waals surface area contributed by atoms with Gasteiger partial charge in [0, 0.05) is 35.1 Å². The van der Waals surface area contributed by atoms with Crippen molar-refractivity contribution >= 4 is 28.6 Å². The van der Waals surface area contributed by atoms with Crippen molar-refractivity contribution < 1.29 is 14.4 Å². The number of H-pyrrole nitrogens is 1. The van der Waals surface area contributed by atoms with E-state index in [0.29, 0.717) is 18.5 Å². The first-order chi connectivity index (χ1) is 17.5. The van der Waals surface area contributed by atoms with Gasteiger partial charge in [0.05, 0.1) is 6.04 Å². The third-order valence-electron chi connectivity index (χ3n) is 7.78. The molecule has 0 unspecified atom stereocenters. The summed E-state index contributed by atoms with van der Waals surface area (Å²) in [5.74, 6) is -0.631. The molecule has 3 amide bonds. The van der Waals surface area contributed by atoms with Crippen LogP contribution in [0, 0.1) is 5.92 Å². The van der Waals surface area contributed by atoms with Crippen molar-refractivity contribution in [2.75, 3.05) is 6.54 Å². The summed E-state index contributed by atoms with van der Waals surface area (Å²) >= 11 is 0. The first-order valence-electron chi connectivity index (χ1n) is 13.0. The Kier molecular flexibility index (Phi) is 6.56. The second kappa shape index (κ2) is 9.80. The van der Waals surface area contributed by atoms with Gasteiger partial charge in [-0.05, 0) is 35.6 Å². The zero-order valence-electron chi connectivity index (χ0n) is 21.1. The number of aromatic amines is 1. The molecule has 4 atom stereocenters. The van der Waals surface area contributed by atoms with Crippen molar-refractivity contribution in [1.29, 1.82) is 0 Å². The number of hydrogen-bond acceptors (Lipinski definition) is 3. The van der Waals surface area contributed by atoms with Gasteiger partial charge in [0.2, 0.25) is 11.8 Å². The molecular weight excluding hydrogens is 452 g/mol. The van der Waals surface area contributed by atoms with Crippen LogP contribution in [0.15, 0.2) is 48.5 Å². The standard InChI is InChI=1S/C29H34N4O3/c1-4-6-15-30-28(35)24(17(3)5-2)32-27(34)23-16-21-18-11-9-10-14-22(18)31-25(21)26-19-12-7-8-13-20(19)29(36)33(23)26/h7-14,17,23-24,26,31H,4-6,15-16H2,1-3H3,(H,30,35)(H,32,34)/t17-,23+,24-,26-/m1/s1. The third-order valence-corrected chi connectivity index (χ3v) is 7.78. The van der Waals surface area contributed by atoms with Crippen molar-refractivity contribution in [1.82, 2.24) is 20.5 Å². The van der Waals surface area contributed by atoms with E-state index in [0.717, 1.165) is 47.0 Å². The summed E-state index contributed by atoms with van der Waals surface area (Å²) in [6, 6.07) is 13.9.